The Bertz CT molecular complexity index is 649. The van der Waals surface area contributed by atoms with E-state index in [1.807, 2.05) is 54.4 Å². The molecule has 1 aliphatic heterocycles. The van der Waals surface area contributed by atoms with Crippen LogP contribution in [-0.4, -0.2) is 48.9 Å². The van der Waals surface area contributed by atoms with Crippen LogP contribution in [0.15, 0.2) is 54.6 Å². The Balaban J connectivity index is 0.00000208. The first-order valence-electron chi connectivity index (χ1n) is 8.26. The summed E-state index contributed by atoms with van der Waals surface area (Å²) < 4.78 is 0. The minimum absolute atomic E-state index is 0. The van der Waals surface area contributed by atoms with Crippen LogP contribution in [0.25, 0.3) is 11.1 Å². The van der Waals surface area contributed by atoms with Gasteiger partial charge in [-0.3, -0.25) is 4.79 Å². The number of benzene rings is 2. The molecular formula is C20H25ClN2O. The molecule has 0 N–H and O–H groups in total. The third kappa shape index (κ3) is 4.16. The van der Waals surface area contributed by atoms with E-state index in [1.54, 1.807) is 0 Å². The summed E-state index contributed by atoms with van der Waals surface area (Å²) in [5, 5.41) is 0. The number of hydrogen-bond acceptors (Lipinski definition) is 2. The largest absolute Gasteiger partial charge is 0.339 e. The number of hydrogen-bond donors (Lipinski definition) is 0. The molecule has 0 atom stereocenters. The molecule has 0 radical (unpaired) electrons. The predicted octanol–water partition coefficient (Wildman–Crippen LogP) is 3.94. The lowest BCUT2D eigenvalue weighted by molar-refractivity contribution is 0.0659. The number of likely N-dealkylation sites (tertiary alicyclic amines) is 1. The SMILES string of the molecule is CN1CCC(N(C)C(=O)c2ccc(-c3ccccc3)cc2)CC1.Cl. The molecule has 2 aromatic rings. The average molecular weight is 345 g/mol. The fourth-order valence-corrected chi connectivity index (χ4v) is 3.19. The van der Waals surface area contributed by atoms with Crippen LogP contribution in [0.1, 0.15) is 23.2 Å². The summed E-state index contributed by atoms with van der Waals surface area (Å²) in [5.41, 5.74) is 3.09. The molecule has 1 saturated heterocycles. The van der Waals surface area contributed by atoms with Gasteiger partial charge in [-0.2, -0.15) is 0 Å². The molecule has 3 rings (SSSR count). The minimum atomic E-state index is 0. The number of carbonyl (C=O) groups excluding carboxylic acids is 1. The molecule has 128 valence electrons. The quantitative estimate of drug-likeness (QED) is 0.842. The zero-order valence-corrected chi connectivity index (χ0v) is 15.1. The van der Waals surface area contributed by atoms with Crippen LogP contribution in [0.5, 0.6) is 0 Å². The van der Waals surface area contributed by atoms with Crippen molar-refractivity contribution in [2.75, 3.05) is 27.2 Å². The van der Waals surface area contributed by atoms with Gasteiger partial charge in [-0.1, -0.05) is 42.5 Å². The first kappa shape index (κ1) is 18.5. The molecule has 3 nitrogen and oxygen atoms in total. The first-order chi connectivity index (χ1) is 11.1. The number of carbonyl (C=O) groups is 1. The van der Waals surface area contributed by atoms with Crippen LogP contribution in [0.2, 0.25) is 0 Å². The number of rotatable bonds is 3. The summed E-state index contributed by atoms with van der Waals surface area (Å²) in [5.74, 6) is 0.124. The average Bonchev–Trinajstić information content (AvgIpc) is 2.62. The van der Waals surface area contributed by atoms with Gasteiger partial charge in [0.2, 0.25) is 0 Å². The Morgan fingerprint density at radius 3 is 2.08 bits per heavy atom. The topological polar surface area (TPSA) is 23.6 Å². The van der Waals surface area contributed by atoms with Gasteiger partial charge in [0.1, 0.15) is 0 Å². The molecule has 0 aliphatic carbocycles. The molecule has 24 heavy (non-hydrogen) atoms. The second kappa shape index (κ2) is 8.32. The summed E-state index contributed by atoms with van der Waals surface area (Å²) in [6, 6.07) is 18.5. The molecule has 2 aromatic carbocycles. The van der Waals surface area contributed by atoms with Gasteiger partial charge in [0.05, 0.1) is 0 Å². The van der Waals surface area contributed by atoms with Crippen molar-refractivity contribution in [3.63, 3.8) is 0 Å². The lowest BCUT2D eigenvalue weighted by Gasteiger charge is -2.35. The van der Waals surface area contributed by atoms with Crippen molar-refractivity contribution in [1.29, 1.82) is 0 Å². The molecule has 0 unspecified atom stereocenters. The summed E-state index contributed by atoms with van der Waals surface area (Å²) in [4.78, 5) is 16.9. The molecule has 1 heterocycles. The van der Waals surface area contributed by atoms with Gasteiger partial charge < -0.3 is 9.80 Å². The maximum absolute atomic E-state index is 12.7. The van der Waals surface area contributed by atoms with Gasteiger partial charge in [0, 0.05) is 18.7 Å². The number of nitrogens with zero attached hydrogens (tertiary/aromatic N) is 2. The first-order valence-corrected chi connectivity index (χ1v) is 8.26. The van der Waals surface area contributed by atoms with E-state index in [2.05, 4.69) is 24.1 Å². The summed E-state index contributed by atoms with van der Waals surface area (Å²) in [6.07, 6.45) is 2.11. The minimum Gasteiger partial charge on any atom is -0.339 e. The second-order valence-electron chi connectivity index (χ2n) is 6.39. The lowest BCUT2D eigenvalue weighted by atomic mass is 10.0. The van der Waals surface area contributed by atoms with Crippen molar-refractivity contribution >= 4 is 18.3 Å². The summed E-state index contributed by atoms with van der Waals surface area (Å²) in [7, 11) is 4.07. The van der Waals surface area contributed by atoms with Crippen LogP contribution in [-0.2, 0) is 0 Å². The normalized spacial score (nSPS) is 15.6. The smallest absolute Gasteiger partial charge is 0.253 e. The summed E-state index contributed by atoms with van der Waals surface area (Å²) in [6.45, 7) is 2.13. The highest BCUT2D eigenvalue weighted by molar-refractivity contribution is 5.94. The van der Waals surface area contributed by atoms with Crippen LogP contribution in [0.3, 0.4) is 0 Å². The molecule has 1 aliphatic rings. The Morgan fingerprint density at radius 2 is 1.50 bits per heavy atom. The standard InChI is InChI=1S/C20H24N2O.ClH/c1-21-14-12-19(13-15-21)22(2)20(23)18-10-8-17(9-11-18)16-6-4-3-5-7-16;/h3-11,19H,12-15H2,1-2H3;1H. The number of piperidine rings is 1. The predicted molar refractivity (Wildman–Crippen MR) is 102 cm³/mol. The van der Waals surface area contributed by atoms with Crippen molar-refractivity contribution in [2.24, 2.45) is 0 Å². The van der Waals surface area contributed by atoms with Crippen molar-refractivity contribution in [1.82, 2.24) is 9.80 Å². The number of amides is 1. The van der Waals surface area contributed by atoms with E-state index >= 15 is 0 Å². The van der Waals surface area contributed by atoms with E-state index in [0.717, 1.165) is 37.1 Å². The Morgan fingerprint density at radius 1 is 0.958 bits per heavy atom. The van der Waals surface area contributed by atoms with Crippen LogP contribution < -0.4 is 0 Å². The lowest BCUT2D eigenvalue weighted by Crippen LogP contribution is -2.44. The highest BCUT2D eigenvalue weighted by Gasteiger charge is 2.24. The van der Waals surface area contributed by atoms with Gasteiger partial charge in [-0.25, -0.2) is 0 Å². The van der Waals surface area contributed by atoms with E-state index < -0.39 is 0 Å². The Labute approximate surface area is 150 Å². The van der Waals surface area contributed by atoms with Crippen molar-refractivity contribution in [3.8, 4) is 11.1 Å². The molecular weight excluding hydrogens is 320 g/mol. The molecule has 4 heteroatoms. The van der Waals surface area contributed by atoms with Crippen LogP contribution in [0, 0.1) is 0 Å². The Hall–Kier alpha value is -1.84. The van der Waals surface area contributed by atoms with E-state index in [9.17, 15) is 4.79 Å². The van der Waals surface area contributed by atoms with Gasteiger partial charge >= 0.3 is 0 Å². The van der Waals surface area contributed by atoms with Gasteiger partial charge in [-0.15, -0.1) is 12.4 Å². The van der Waals surface area contributed by atoms with Gasteiger partial charge in [0.25, 0.3) is 5.91 Å². The van der Waals surface area contributed by atoms with E-state index in [4.69, 9.17) is 0 Å². The molecule has 0 saturated carbocycles. The molecule has 0 bridgehead atoms. The van der Waals surface area contributed by atoms with Crippen LogP contribution in [0.4, 0.5) is 0 Å². The monoisotopic (exact) mass is 344 g/mol. The van der Waals surface area contributed by atoms with Gasteiger partial charge in [-0.05, 0) is 56.2 Å². The second-order valence-corrected chi connectivity index (χ2v) is 6.39. The molecule has 0 aromatic heterocycles. The van der Waals surface area contributed by atoms with Crippen molar-refractivity contribution in [2.45, 2.75) is 18.9 Å². The highest BCUT2D eigenvalue weighted by atomic mass is 35.5. The maximum Gasteiger partial charge on any atom is 0.253 e. The number of halogens is 1. The van der Waals surface area contributed by atoms with E-state index in [1.165, 1.54) is 5.56 Å². The fourth-order valence-electron chi connectivity index (χ4n) is 3.19. The third-order valence-corrected chi connectivity index (χ3v) is 4.80. The van der Waals surface area contributed by atoms with E-state index in [-0.39, 0.29) is 18.3 Å². The van der Waals surface area contributed by atoms with Gasteiger partial charge in [0.15, 0.2) is 0 Å². The Kier molecular flexibility index (Phi) is 6.41. The molecule has 0 spiro atoms. The molecule has 1 amide bonds. The molecule has 1 fully saturated rings. The zero-order valence-electron chi connectivity index (χ0n) is 14.3. The third-order valence-electron chi connectivity index (χ3n) is 4.80. The maximum atomic E-state index is 12.7. The highest BCUT2D eigenvalue weighted by Crippen LogP contribution is 2.21. The van der Waals surface area contributed by atoms with Crippen LogP contribution >= 0.6 is 12.4 Å². The fraction of sp³-hybridized carbons (Fsp3) is 0.350. The van der Waals surface area contributed by atoms with Crippen molar-refractivity contribution < 1.29 is 4.79 Å². The van der Waals surface area contributed by atoms with Crippen molar-refractivity contribution in [3.05, 3.63) is 60.2 Å². The summed E-state index contributed by atoms with van der Waals surface area (Å²) >= 11 is 0. The zero-order chi connectivity index (χ0) is 16.2. The van der Waals surface area contributed by atoms with E-state index in [0.29, 0.717) is 6.04 Å².